The molecule has 4 rings (SSSR count). The van der Waals surface area contributed by atoms with E-state index in [1.807, 2.05) is 0 Å². The second-order valence-electron chi connectivity index (χ2n) is 7.25. The number of H-pyrrole nitrogens is 1. The number of anilines is 2. The third kappa shape index (κ3) is 5.57. The number of nitrogens with one attached hydrogen (secondary N) is 2. The summed E-state index contributed by atoms with van der Waals surface area (Å²) in [5, 5.41) is 3.02. The number of hydrogen-bond acceptors (Lipinski definition) is 5. The minimum Gasteiger partial charge on any atom is -0.453 e. The Hall–Kier alpha value is -3.99. The fourth-order valence-electron chi connectivity index (χ4n) is 3.16. The Kier molecular flexibility index (Phi) is 6.70. The van der Waals surface area contributed by atoms with Crippen LogP contribution in [-0.2, 0) is 11.0 Å². The van der Waals surface area contributed by atoms with Crippen molar-refractivity contribution in [1.29, 1.82) is 0 Å². The minimum atomic E-state index is -4.47. The first-order valence-corrected chi connectivity index (χ1v) is 11.0. The number of primary amides is 1. The number of alkyl halides is 3. The zero-order valence-electron chi connectivity index (χ0n) is 18.1. The Morgan fingerprint density at radius 2 is 1.80 bits per heavy atom. The van der Waals surface area contributed by atoms with Gasteiger partial charge in [0.15, 0.2) is 17.3 Å². The molecular weight excluding hydrogens is 529 g/mol. The number of nitrogens with two attached hydrogens (primary N) is 1. The number of hydrogen-bond donors (Lipinski definition) is 3. The van der Waals surface area contributed by atoms with Crippen molar-refractivity contribution in [1.82, 2.24) is 9.97 Å². The lowest BCUT2D eigenvalue weighted by molar-refractivity contribution is -0.137. The Morgan fingerprint density at radius 3 is 2.43 bits per heavy atom. The number of benzene rings is 3. The van der Waals surface area contributed by atoms with Crippen LogP contribution >= 0.6 is 15.9 Å². The number of ether oxygens (including phenoxy) is 2. The predicted molar refractivity (Wildman–Crippen MR) is 129 cm³/mol. The largest absolute Gasteiger partial charge is 0.453 e. The van der Waals surface area contributed by atoms with Crippen molar-refractivity contribution in [2.24, 2.45) is 5.73 Å². The summed E-state index contributed by atoms with van der Waals surface area (Å²) in [5.74, 6) is 0.724. The molecule has 0 saturated carbocycles. The van der Waals surface area contributed by atoms with Gasteiger partial charge in [0.05, 0.1) is 11.1 Å². The van der Waals surface area contributed by atoms with Gasteiger partial charge in [0.1, 0.15) is 11.3 Å². The molecule has 0 atom stereocenters. The van der Waals surface area contributed by atoms with Gasteiger partial charge < -0.3 is 25.5 Å². The van der Waals surface area contributed by atoms with Crippen LogP contribution in [0.1, 0.15) is 12.5 Å². The molecule has 1 amide bonds. The average molecular weight is 547 g/mol. The van der Waals surface area contributed by atoms with Gasteiger partial charge in [0, 0.05) is 10.2 Å². The van der Waals surface area contributed by atoms with Crippen molar-refractivity contribution in [2.45, 2.75) is 13.1 Å². The van der Waals surface area contributed by atoms with Crippen molar-refractivity contribution in [3.63, 3.8) is 0 Å². The molecule has 0 bridgehead atoms. The summed E-state index contributed by atoms with van der Waals surface area (Å²) >= 11 is 3.15. The number of carbonyl (C=O) groups is 1. The molecule has 4 aromatic rings. The molecule has 1 aromatic heterocycles. The second kappa shape index (κ2) is 9.71. The first-order valence-electron chi connectivity index (χ1n) is 10.2. The van der Waals surface area contributed by atoms with Gasteiger partial charge in [0.25, 0.3) is 5.91 Å². The SMILES string of the molecule is C/C=C(\Oc1ccccc1Oc1ccc(Nc2nc3c(Br)cc(C(F)(F)F)cc3[nH]2)cc1)C(N)=O. The molecule has 180 valence electrons. The van der Waals surface area contributed by atoms with E-state index in [2.05, 4.69) is 31.2 Å². The Bertz CT molecular complexity index is 1420. The standard InChI is InChI=1S/C24H18BrF3N4O3/c1-2-18(22(29)33)35-20-6-4-3-5-19(20)34-15-9-7-14(8-10-15)30-23-31-17-12-13(24(26,27)28)11-16(25)21(17)32-23/h2-12H,1H3,(H2,29,33)(H2,30,31,32)/b18-2-. The molecule has 11 heteroatoms. The van der Waals surface area contributed by atoms with Gasteiger partial charge in [0.2, 0.25) is 5.95 Å². The highest BCUT2D eigenvalue weighted by Crippen LogP contribution is 2.36. The quantitative estimate of drug-likeness (QED) is 0.178. The fourth-order valence-corrected chi connectivity index (χ4v) is 3.71. The highest BCUT2D eigenvalue weighted by atomic mass is 79.9. The van der Waals surface area contributed by atoms with E-state index >= 15 is 0 Å². The molecule has 0 aliphatic carbocycles. The van der Waals surface area contributed by atoms with Crippen LogP contribution in [0.3, 0.4) is 0 Å². The van der Waals surface area contributed by atoms with Crippen molar-refractivity contribution >= 4 is 44.5 Å². The number of fused-ring (bicyclic) bond motifs is 1. The van der Waals surface area contributed by atoms with Crippen LogP contribution in [0.4, 0.5) is 24.8 Å². The van der Waals surface area contributed by atoms with Gasteiger partial charge in [-0.2, -0.15) is 13.2 Å². The number of rotatable bonds is 7. The molecule has 1 heterocycles. The molecule has 0 aliphatic heterocycles. The number of imidazole rings is 1. The fraction of sp³-hybridized carbons (Fsp3) is 0.0833. The van der Waals surface area contributed by atoms with E-state index in [9.17, 15) is 18.0 Å². The zero-order chi connectivity index (χ0) is 25.2. The lowest BCUT2D eigenvalue weighted by atomic mass is 10.2. The molecule has 0 saturated heterocycles. The van der Waals surface area contributed by atoms with Crippen LogP contribution in [0.25, 0.3) is 11.0 Å². The minimum absolute atomic E-state index is 0.0135. The van der Waals surface area contributed by atoms with Gasteiger partial charge in [-0.25, -0.2) is 4.98 Å². The van der Waals surface area contributed by atoms with Crippen LogP contribution in [0.5, 0.6) is 17.2 Å². The van der Waals surface area contributed by atoms with Gasteiger partial charge in [-0.3, -0.25) is 4.79 Å². The van der Waals surface area contributed by atoms with Gasteiger partial charge >= 0.3 is 6.18 Å². The van der Waals surface area contributed by atoms with Crippen molar-refractivity contribution < 1.29 is 27.4 Å². The maximum atomic E-state index is 13.1. The number of halogens is 4. The first-order chi connectivity index (χ1) is 16.6. The summed E-state index contributed by atoms with van der Waals surface area (Å²) in [7, 11) is 0. The van der Waals surface area contributed by atoms with Crippen LogP contribution in [-0.4, -0.2) is 15.9 Å². The second-order valence-corrected chi connectivity index (χ2v) is 8.11. The normalized spacial score (nSPS) is 12.0. The van der Waals surface area contributed by atoms with E-state index < -0.39 is 17.6 Å². The van der Waals surface area contributed by atoms with Gasteiger partial charge in [-0.15, -0.1) is 0 Å². The van der Waals surface area contributed by atoms with E-state index in [1.54, 1.807) is 55.5 Å². The molecular formula is C24H18BrF3N4O3. The van der Waals surface area contributed by atoms with Gasteiger partial charge in [-0.1, -0.05) is 12.1 Å². The maximum Gasteiger partial charge on any atom is 0.416 e. The lowest BCUT2D eigenvalue weighted by Crippen LogP contribution is -2.18. The number of carbonyl (C=O) groups excluding carboxylic acids is 1. The smallest absolute Gasteiger partial charge is 0.416 e. The van der Waals surface area contributed by atoms with Crippen LogP contribution in [0.15, 0.2) is 77.0 Å². The third-order valence-electron chi connectivity index (χ3n) is 4.79. The topological polar surface area (TPSA) is 102 Å². The van der Waals surface area contributed by atoms with E-state index in [4.69, 9.17) is 15.2 Å². The monoisotopic (exact) mass is 546 g/mol. The van der Waals surface area contributed by atoms with E-state index in [1.165, 1.54) is 6.08 Å². The van der Waals surface area contributed by atoms with Gasteiger partial charge in [-0.05, 0) is 77.5 Å². The summed E-state index contributed by atoms with van der Waals surface area (Å²) in [6, 6.07) is 15.6. The van der Waals surface area contributed by atoms with E-state index in [0.29, 0.717) is 28.5 Å². The summed E-state index contributed by atoms with van der Waals surface area (Å²) < 4.78 is 50.9. The Balaban J connectivity index is 1.50. The molecule has 0 unspecified atom stereocenters. The zero-order valence-corrected chi connectivity index (χ0v) is 19.7. The molecule has 4 N–H and O–H groups in total. The molecule has 0 spiro atoms. The van der Waals surface area contributed by atoms with Crippen molar-refractivity contribution in [3.05, 3.63) is 82.5 Å². The molecule has 0 fully saturated rings. The number of aromatic nitrogens is 2. The molecule has 3 aromatic carbocycles. The summed E-state index contributed by atoms with van der Waals surface area (Å²) in [6.07, 6.45) is -3.01. The summed E-state index contributed by atoms with van der Waals surface area (Å²) in [6.45, 7) is 1.63. The van der Waals surface area contributed by atoms with Crippen molar-refractivity contribution in [2.75, 3.05) is 5.32 Å². The van der Waals surface area contributed by atoms with Crippen molar-refractivity contribution in [3.8, 4) is 17.2 Å². The number of amides is 1. The molecule has 0 aliphatic rings. The first kappa shape index (κ1) is 24.1. The summed E-state index contributed by atoms with van der Waals surface area (Å²) in [4.78, 5) is 18.6. The molecule has 35 heavy (non-hydrogen) atoms. The highest BCUT2D eigenvalue weighted by Gasteiger charge is 2.31. The Labute approximate surface area is 205 Å². The number of nitrogens with zero attached hydrogens (tertiary/aromatic N) is 1. The lowest BCUT2D eigenvalue weighted by Gasteiger charge is -2.13. The van der Waals surface area contributed by atoms with Crippen LogP contribution < -0.4 is 20.5 Å². The van der Waals surface area contributed by atoms with Crippen LogP contribution in [0, 0.1) is 0 Å². The predicted octanol–water partition coefficient (Wildman–Crippen LogP) is 6.65. The number of allylic oxidation sites excluding steroid dienone is 1. The van der Waals surface area contributed by atoms with Crippen LogP contribution in [0.2, 0.25) is 0 Å². The number of para-hydroxylation sites is 2. The van der Waals surface area contributed by atoms with E-state index in [-0.39, 0.29) is 21.7 Å². The Morgan fingerprint density at radius 1 is 1.11 bits per heavy atom. The molecule has 0 radical (unpaired) electrons. The average Bonchev–Trinajstić information content (AvgIpc) is 3.22. The maximum absolute atomic E-state index is 13.1. The third-order valence-corrected chi connectivity index (χ3v) is 5.39. The summed E-state index contributed by atoms with van der Waals surface area (Å²) in [5.41, 5.74) is 5.74. The molecule has 7 nitrogen and oxygen atoms in total. The number of aromatic amines is 1. The highest BCUT2D eigenvalue weighted by molar-refractivity contribution is 9.10. The van der Waals surface area contributed by atoms with E-state index in [0.717, 1.165) is 12.1 Å².